The van der Waals surface area contributed by atoms with Gasteiger partial charge in [-0.3, -0.25) is 0 Å². The fraction of sp³-hybridized carbons (Fsp3) is 0.786. The fourth-order valence-corrected chi connectivity index (χ4v) is 2.30. The molecule has 0 radical (unpaired) electrons. The van der Waals surface area contributed by atoms with Crippen LogP contribution in [0.4, 0.5) is 4.79 Å². The van der Waals surface area contributed by atoms with E-state index in [1.54, 1.807) is 0 Å². The van der Waals surface area contributed by atoms with Gasteiger partial charge in [-0.1, -0.05) is 19.9 Å². The van der Waals surface area contributed by atoms with Crippen molar-refractivity contribution in [3.05, 3.63) is 12.7 Å². The number of urea groups is 1. The van der Waals surface area contributed by atoms with Gasteiger partial charge in [0.1, 0.15) is 0 Å². The standard InChI is InChI=1S/C14H26N2O2/c1-4-8-11(5-2)15-14(17)16-12(6-3)13-9-7-10-18-13/h4,11-13H,1,5-10H2,2-3H3,(H2,15,16,17)/t11-,12+,13+/m0/s1. The molecule has 0 aliphatic carbocycles. The molecule has 2 N–H and O–H groups in total. The first-order chi connectivity index (χ1) is 8.71. The van der Waals surface area contributed by atoms with E-state index in [4.69, 9.17) is 4.74 Å². The van der Waals surface area contributed by atoms with E-state index in [1.807, 2.05) is 6.08 Å². The van der Waals surface area contributed by atoms with E-state index in [0.29, 0.717) is 0 Å². The molecule has 1 aliphatic rings. The van der Waals surface area contributed by atoms with Crippen LogP contribution in [-0.2, 0) is 4.74 Å². The number of rotatable bonds is 7. The highest BCUT2D eigenvalue weighted by atomic mass is 16.5. The maximum Gasteiger partial charge on any atom is 0.315 e. The molecule has 1 fully saturated rings. The van der Waals surface area contributed by atoms with Gasteiger partial charge in [-0.05, 0) is 32.1 Å². The number of hydrogen-bond donors (Lipinski definition) is 2. The number of carbonyl (C=O) groups excluding carboxylic acids is 1. The van der Waals surface area contributed by atoms with Crippen LogP contribution in [0.25, 0.3) is 0 Å². The normalized spacial score (nSPS) is 22.2. The quantitative estimate of drug-likeness (QED) is 0.686. The monoisotopic (exact) mass is 254 g/mol. The highest BCUT2D eigenvalue weighted by Crippen LogP contribution is 2.17. The van der Waals surface area contributed by atoms with Gasteiger partial charge >= 0.3 is 6.03 Å². The largest absolute Gasteiger partial charge is 0.376 e. The first-order valence-corrected chi connectivity index (χ1v) is 7.00. The summed E-state index contributed by atoms with van der Waals surface area (Å²) < 4.78 is 5.63. The van der Waals surface area contributed by atoms with Crippen LogP contribution in [0, 0.1) is 0 Å². The summed E-state index contributed by atoms with van der Waals surface area (Å²) in [5.41, 5.74) is 0. The average molecular weight is 254 g/mol. The van der Waals surface area contributed by atoms with Gasteiger partial charge in [0, 0.05) is 12.6 Å². The minimum atomic E-state index is -0.0916. The Morgan fingerprint density at radius 2 is 2.22 bits per heavy atom. The molecular formula is C14H26N2O2. The van der Waals surface area contributed by atoms with Crippen molar-refractivity contribution in [3.8, 4) is 0 Å². The zero-order chi connectivity index (χ0) is 13.4. The van der Waals surface area contributed by atoms with Crippen LogP contribution in [0.3, 0.4) is 0 Å². The van der Waals surface area contributed by atoms with Crippen molar-refractivity contribution < 1.29 is 9.53 Å². The van der Waals surface area contributed by atoms with Crippen LogP contribution >= 0.6 is 0 Å². The topological polar surface area (TPSA) is 50.4 Å². The van der Waals surface area contributed by atoms with Gasteiger partial charge in [0.25, 0.3) is 0 Å². The zero-order valence-corrected chi connectivity index (χ0v) is 11.6. The predicted molar refractivity (Wildman–Crippen MR) is 73.6 cm³/mol. The van der Waals surface area contributed by atoms with Crippen LogP contribution in [0.2, 0.25) is 0 Å². The van der Waals surface area contributed by atoms with Gasteiger partial charge in [-0.15, -0.1) is 6.58 Å². The molecule has 104 valence electrons. The van der Waals surface area contributed by atoms with Gasteiger partial charge < -0.3 is 15.4 Å². The summed E-state index contributed by atoms with van der Waals surface area (Å²) >= 11 is 0. The van der Waals surface area contributed by atoms with Crippen LogP contribution in [0.1, 0.15) is 46.0 Å². The Morgan fingerprint density at radius 1 is 1.44 bits per heavy atom. The molecule has 0 spiro atoms. The molecule has 18 heavy (non-hydrogen) atoms. The lowest BCUT2D eigenvalue weighted by atomic mass is 10.1. The highest BCUT2D eigenvalue weighted by Gasteiger charge is 2.26. The number of amides is 2. The highest BCUT2D eigenvalue weighted by molar-refractivity contribution is 5.74. The van der Waals surface area contributed by atoms with Crippen LogP contribution in [0.5, 0.6) is 0 Å². The zero-order valence-electron chi connectivity index (χ0n) is 11.6. The summed E-state index contributed by atoms with van der Waals surface area (Å²) in [6.45, 7) is 8.66. The molecule has 4 heteroatoms. The van der Waals surface area contributed by atoms with Gasteiger partial charge in [0.2, 0.25) is 0 Å². The molecule has 0 aromatic heterocycles. The number of nitrogens with one attached hydrogen (secondary N) is 2. The van der Waals surface area contributed by atoms with Crippen molar-refractivity contribution in [1.82, 2.24) is 10.6 Å². The summed E-state index contributed by atoms with van der Waals surface area (Å²) in [5, 5.41) is 6.00. The molecule has 0 bridgehead atoms. The van der Waals surface area contributed by atoms with E-state index in [1.165, 1.54) is 0 Å². The molecule has 1 rings (SSSR count). The summed E-state index contributed by atoms with van der Waals surface area (Å²) in [7, 11) is 0. The average Bonchev–Trinajstić information content (AvgIpc) is 2.89. The maximum atomic E-state index is 11.9. The molecular weight excluding hydrogens is 228 g/mol. The Kier molecular flexibility index (Phi) is 6.80. The molecule has 1 heterocycles. The first-order valence-electron chi connectivity index (χ1n) is 7.00. The lowest BCUT2D eigenvalue weighted by Crippen LogP contribution is -2.49. The van der Waals surface area contributed by atoms with Crippen molar-refractivity contribution in [2.45, 2.75) is 64.1 Å². The predicted octanol–water partition coefficient (Wildman–Crippen LogP) is 2.60. The minimum absolute atomic E-state index is 0.0916. The van der Waals surface area contributed by atoms with Gasteiger partial charge in [-0.2, -0.15) is 0 Å². The smallest absolute Gasteiger partial charge is 0.315 e. The summed E-state index contributed by atoms with van der Waals surface area (Å²) in [5.74, 6) is 0. The second-order valence-electron chi connectivity index (χ2n) is 4.81. The summed E-state index contributed by atoms with van der Waals surface area (Å²) in [6.07, 6.45) is 6.78. The van der Waals surface area contributed by atoms with E-state index in [2.05, 4.69) is 31.1 Å². The van der Waals surface area contributed by atoms with Crippen molar-refractivity contribution in [3.63, 3.8) is 0 Å². The first kappa shape index (κ1) is 15.0. The summed E-state index contributed by atoms with van der Waals surface area (Å²) in [4.78, 5) is 11.9. The maximum absolute atomic E-state index is 11.9. The molecule has 1 saturated heterocycles. The van der Waals surface area contributed by atoms with Crippen molar-refractivity contribution in [2.75, 3.05) is 6.61 Å². The van der Waals surface area contributed by atoms with E-state index in [-0.39, 0.29) is 24.2 Å². The molecule has 0 unspecified atom stereocenters. The van der Waals surface area contributed by atoms with Gasteiger partial charge in [0.05, 0.1) is 12.1 Å². The van der Waals surface area contributed by atoms with Gasteiger partial charge in [-0.25, -0.2) is 4.79 Å². The van der Waals surface area contributed by atoms with E-state index in [9.17, 15) is 4.79 Å². The molecule has 0 aromatic rings. The van der Waals surface area contributed by atoms with Crippen molar-refractivity contribution in [2.24, 2.45) is 0 Å². The van der Waals surface area contributed by atoms with Crippen molar-refractivity contribution >= 4 is 6.03 Å². The third-order valence-corrected chi connectivity index (χ3v) is 3.45. The van der Waals surface area contributed by atoms with E-state index < -0.39 is 0 Å². The Bertz CT molecular complexity index is 263. The Morgan fingerprint density at radius 3 is 2.72 bits per heavy atom. The second kappa shape index (κ2) is 8.14. The molecule has 3 atom stereocenters. The lowest BCUT2D eigenvalue weighted by Gasteiger charge is -2.24. The molecule has 2 amide bonds. The minimum Gasteiger partial charge on any atom is -0.376 e. The third-order valence-electron chi connectivity index (χ3n) is 3.45. The fourth-order valence-electron chi connectivity index (χ4n) is 2.30. The molecule has 4 nitrogen and oxygen atoms in total. The number of carbonyl (C=O) groups is 1. The summed E-state index contributed by atoms with van der Waals surface area (Å²) in [6, 6.07) is 0.198. The van der Waals surface area contributed by atoms with Crippen LogP contribution in [0.15, 0.2) is 12.7 Å². The molecule has 1 aliphatic heterocycles. The van der Waals surface area contributed by atoms with E-state index in [0.717, 1.165) is 38.7 Å². The van der Waals surface area contributed by atoms with Gasteiger partial charge in [0.15, 0.2) is 0 Å². The van der Waals surface area contributed by atoms with Crippen molar-refractivity contribution in [1.29, 1.82) is 0 Å². The second-order valence-corrected chi connectivity index (χ2v) is 4.81. The Hall–Kier alpha value is -1.03. The Labute approximate surface area is 110 Å². The third kappa shape index (κ3) is 4.69. The number of ether oxygens (including phenoxy) is 1. The van der Waals surface area contributed by atoms with Crippen LogP contribution in [-0.4, -0.2) is 30.8 Å². The molecule has 0 saturated carbocycles. The SMILES string of the molecule is C=CC[C@H](CC)NC(=O)N[C@H](CC)[C@H]1CCCO1. The van der Waals surface area contributed by atoms with E-state index >= 15 is 0 Å². The Balaban J connectivity index is 2.38. The number of hydrogen-bond acceptors (Lipinski definition) is 2. The lowest BCUT2D eigenvalue weighted by molar-refractivity contribution is 0.0794. The molecule has 0 aromatic carbocycles. The van der Waals surface area contributed by atoms with Crippen LogP contribution < -0.4 is 10.6 Å².